The number of urea groups is 1. The summed E-state index contributed by atoms with van der Waals surface area (Å²) in [5, 5.41) is 5.67. The number of carbonyl (C=O) groups is 4. The fraction of sp³-hybridized carbons (Fsp3) is 0.545. The molecule has 1 heterocycles. The Morgan fingerprint density at radius 3 is 2.70 bits per heavy atom. The Bertz CT molecular complexity index is 864. The zero-order chi connectivity index (χ0) is 21.1. The number of hydrogen-bond donors (Lipinski definition) is 2. The minimum absolute atomic E-state index is 0.127. The molecule has 8 nitrogen and oxygen atoms in total. The first-order chi connectivity index (χ1) is 14.5. The zero-order valence-corrected chi connectivity index (χ0v) is 16.9. The van der Waals surface area contributed by atoms with Gasteiger partial charge in [0.05, 0.1) is 0 Å². The number of nitrogens with zero attached hydrogens (tertiary/aromatic N) is 1. The highest BCUT2D eigenvalue weighted by molar-refractivity contribution is 6.09. The molecule has 1 aromatic carbocycles. The Morgan fingerprint density at radius 2 is 1.90 bits per heavy atom. The summed E-state index contributed by atoms with van der Waals surface area (Å²) in [5.41, 5.74) is 0.698. The largest absolute Gasteiger partial charge is 0.454 e. The number of imide groups is 1. The van der Waals surface area contributed by atoms with Crippen LogP contribution in [0.25, 0.3) is 0 Å². The maximum atomic E-state index is 13.1. The number of carbonyl (C=O) groups excluding carboxylic acids is 4. The topological polar surface area (TPSA) is 105 Å². The SMILES string of the molecule is O=C(COC(=O)CN1C(=O)N[C@@]2(CCCc3ccccc32)C1=O)NC1CCCCC1. The maximum Gasteiger partial charge on any atom is 0.326 e. The highest BCUT2D eigenvalue weighted by atomic mass is 16.5. The third kappa shape index (κ3) is 3.91. The molecule has 8 heteroatoms. The van der Waals surface area contributed by atoms with Crippen molar-refractivity contribution < 1.29 is 23.9 Å². The molecule has 2 aliphatic carbocycles. The third-order valence-corrected chi connectivity index (χ3v) is 6.27. The summed E-state index contributed by atoms with van der Waals surface area (Å²) in [6.07, 6.45) is 7.33. The Labute approximate surface area is 175 Å². The van der Waals surface area contributed by atoms with Gasteiger partial charge in [-0.25, -0.2) is 4.79 Å². The van der Waals surface area contributed by atoms with Gasteiger partial charge in [0.2, 0.25) is 0 Å². The molecule has 4 rings (SSSR count). The highest BCUT2D eigenvalue weighted by Gasteiger charge is 2.54. The standard InChI is InChI=1S/C22H27N3O5/c26-18(23-16-9-2-1-3-10-16)14-30-19(27)13-25-20(28)22(24-21(25)29)12-6-8-15-7-4-5-11-17(15)22/h4-5,7,11,16H,1-3,6,8-10,12-14H2,(H,23,26)(H,24,29)/t22-/m1/s1. The summed E-state index contributed by atoms with van der Waals surface area (Å²) in [4.78, 5) is 50.8. The number of rotatable bonds is 5. The van der Waals surface area contributed by atoms with Gasteiger partial charge in [-0.05, 0) is 43.2 Å². The van der Waals surface area contributed by atoms with E-state index in [1.165, 1.54) is 6.42 Å². The number of fused-ring (bicyclic) bond motifs is 2. The van der Waals surface area contributed by atoms with Crippen molar-refractivity contribution in [1.82, 2.24) is 15.5 Å². The second-order valence-electron chi connectivity index (χ2n) is 8.30. The lowest BCUT2D eigenvalue weighted by atomic mass is 9.76. The summed E-state index contributed by atoms with van der Waals surface area (Å²) in [6, 6.07) is 7.07. The summed E-state index contributed by atoms with van der Waals surface area (Å²) < 4.78 is 5.02. The van der Waals surface area contributed by atoms with Crippen molar-refractivity contribution in [2.24, 2.45) is 0 Å². The lowest BCUT2D eigenvalue weighted by Gasteiger charge is -2.33. The van der Waals surface area contributed by atoms with Crippen LogP contribution >= 0.6 is 0 Å². The van der Waals surface area contributed by atoms with E-state index in [0.29, 0.717) is 6.42 Å². The average molecular weight is 413 g/mol. The molecule has 1 atom stereocenters. The van der Waals surface area contributed by atoms with E-state index >= 15 is 0 Å². The van der Waals surface area contributed by atoms with E-state index in [9.17, 15) is 19.2 Å². The molecule has 2 N–H and O–H groups in total. The quantitative estimate of drug-likeness (QED) is 0.565. The van der Waals surface area contributed by atoms with Crippen LogP contribution in [-0.4, -0.2) is 47.9 Å². The Balaban J connectivity index is 1.35. The molecule has 3 aliphatic rings. The number of ether oxygens (including phenoxy) is 1. The average Bonchev–Trinajstić information content (AvgIpc) is 2.98. The van der Waals surface area contributed by atoms with Gasteiger partial charge >= 0.3 is 12.0 Å². The molecular formula is C22H27N3O5. The molecule has 1 spiro atoms. The van der Waals surface area contributed by atoms with E-state index in [-0.39, 0.29) is 11.9 Å². The Hall–Kier alpha value is -2.90. The molecule has 2 fully saturated rings. The number of nitrogens with one attached hydrogen (secondary N) is 2. The molecule has 1 aliphatic heterocycles. The number of esters is 1. The fourth-order valence-corrected chi connectivity index (χ4v) is 4.79. The molecule has 0 radical (unpaired) electrons. The number of amides is 4. The van der Waals surface area contributed by atoms with E-state index in [4.69, 9.17) is 4.74 Å². The van der Waals surface area contributed by atoms with E-state index in [1.54, 1.807) is 0 Å². The van der Waals surface area contributed by atoms with Gasteiger partial charge in [-0.2, -0.15) is 0 Å². The van der Waals surface area contributed by atoms with Crippen LogP contribution < -0.4 is 10.6 Å². The molecule has 30 heavy (non-hydrogen) atoms. The van der Waals surface area contributed by atoms with Crippen molar-refractivity contribution in [1.29, 1.82) is 0 Å². The van der Waals surface area contributed by atoms with Crippen molar-refractivity contribution in [2.75, 3.05) is 13.2 Å². The summed E-state index contributed by atoms with van der Waals surface area (Å²) in [6.45, 7) is -0.918. The summed E-state index contributed by atoms with van der Waals surface area (Å²) in [7, 11) is 0. The predicted octanol–water partition coefficient (Wildman–Crippen LogP) is 1.76. The molecule has 1 aromatic rings. The smallest absolute Gasteiger partial charge is 0.326 e. The molecule has 0 bridgehead atoms. The monoisotopic (exact) mass is 413 g/mol. The zero-order valence-electron chi connectivity index (χ0n) is 16.9. The van der Waals surface area contributed by atoms with Crippen molar-refractivity contribution in [3.63, 3.8) is 0 Å². The highest BCUT2D eigenvalue weighted by Crippen LogP contribution is 2.39. The van der Waals surface area contributed by atoms with Gasteiger partial charge < -0.3 is 15.4 Å². The van der Waals surface area contributed by atoms with E-state index in [2.05, 4.69) is 10.6 Å². The van der Waals surface area contributed by atoms with Gasteiger partial charge in [-0.1, -0.05) is 43.5 Å². The number of aryl methyl sites for hydroxylation is 1. The summed E-state index contributed by atoms with van der Waals surface area (Å²) in [5.74, 6) is -1.58. The van der Waals surface area contributed by atoms with Gasteiger partial charge in [0.1, 0.15) is 12.1 Å². The Kier molecular flexibility index (Phi) is 5.74. The van der Waals surface area contributed by atoms with Gasteiger partial charge in [-0.3, -0.25) is 19.3 Å². The van der Waals surface area contributed by atoms with Gasteiger partial charge in [0, 0.05) is 6.04 Å². The van der Waals surface area contributed by atoms with Crippen LogP contribution in [0.15, 0.2) is 24.3 Å². The van der Waals surface area contributed by atoms with Crippen molar-refractivity contribution in [3.05, 3.63) is 35.4 Å². The molecule has 160 valence electrons. The molecule has 4 amide bonds. The van der Waals surface area contributed by atoms with E-state index in [0.717, 1.165) is 54.6 Å². The fourth-order valence-electron chi connectivity index (χ4n) is 4.79. The van der Waals surface area contributed by atoms with Crippen molar-refractivity contribution in [3.8, 4) is 0 Å². The molecule has 1 saturated heterocycles. The second-order valence-corrected chi connectivity index (χ2v) is 8.30. The molecular weight excluding hydrogens is 386 g/mol. The van der Waals surface area contributed by atoms with Crippen LogP contribution in [-0.2, 0) is 31.1 Å². The van der Waals surface area contributed by atoms with Crippen LogP contribution in [0.5, 0.6) is 0 Å². The number of hydrogen-bond acceptors (Lipinski definition) is 5. The van der Waals surface area contributed by atoms with Crippen molar-refractivity contribution >= 4 is 23.8 Å². The van der Waals surface area contributed by atoms with Crippen LogP contribution in [0.3, 0.4) is 0 Å². The third-order valence-electron chi connectivity index (χ3n) is 6.27. The van der Waals surface area contributed by atoms with Crippen molar-refractivity contribution in [2.45, 2.75) is 62.9 Å². The van der Waals surface area contributed by atoms with E-state index in [1.807, 2.05) is 24.3 Å². The minimum atomic E-state index is -1.12. The number of benzene rings is 1. The van der Waals surface area contributed by atoms with Gasteiger partial charge in [-0.15, -0.1) is 0 Å². The first kappa shape index (κ1) is 20.4. The normalized spacial score (nSPS) is 23.8. The lowest BCUT2D eigenvalue weighted by molar-refractivity contribution is -0.151. The van der Waals surface area contributed by atoms with Crippen LogP contribution in [0, 0.1) is 0 Å². The van der Waals surface area contributed by atoms with Crippen LogP contribution in [0.1, 0.15) is 56.1 Å². The second kappa shape index (κ2) is 8.45. The maximum absolute atomic E-state index is 13.1. The van der Waals surface area contributed by atoms with Gasteiger partial charge in [0.15, 0.2) is 6.61 Å². The molecule has 1 saturated carbocycles. The predicted molar refractivity (Wildman–Crippen MR) is 107 cm³/mol. The minimum Gasteiger partial charge on any atom is -0.454 e. The lowest BCUT2D eigenvalue weighted by Crippen LogP contribution is -2.47. The first-order valence-corrected chi connectivity index (χ1v) is 10.7. The first-order valence-electron chi connectivity index (χ1n) is 10.7. The molecule has 0 unspecified atom stereocenters. The van der Waals surface area contributed by atoms with Crippen LogP contribution in [0.4, 0.5) is 4.79 Å². The summed E-state index contributed by atoms with van der Waals surface area (Å²) >= 11 is 0. The van der Waals surface area contributed by atoms with Gasteiger partial charge in [0.25, 0.3) is 11.8 Å². The Morgan fingerprint density at radius 1 is 1.13 bits per heavy atom. The molecule has 0 aromatic heterocycles. The van der Waals surface area contributed by atoms with E-state index < -0.39 is 36.6 Å². The van der Waals surface area contributed by atoms with Crippen LogP contribution in [0.2, 0.25) is 0 Å².